The van der Waals surface area contributed by atoms with E-state index < -0.39 is 16.1 Å². The van der Waals surface area contributed by atoms with Crippen molar-refractivity contribution in [3.63, 3.8) is 0 Å². The van der Waals surface area contributed by atoms with E-state index >= 15 is 0 Å². The summed E-state index contributed by atoms with van der Waals surface area (Å²) in [5.41, 5.74) is 4.15. The minimum atomic E-state index is -0.867. The molecular formula is C15H29CoSi2. The molecule has 0 aromatic carbocycles. The van der Waals surface area contributed by atoms with Crippen molar-refractivity contribution >= 4 is 16.1 Å². The Labute approximate surface area is 127 Å². The fraction of sp³-hybridized carbons (Fsp3) is 0.400. The van der Waals surface area contributed by atoms with Crippen LogP contribution >= 0.6 is 0 Å². The predicted molar refractivity (Wildman–Crippen MR) is 89.7 cm³/mol. The summed E-state index contributed by atoms with van der Waals surface area (Å²) < 4.78 is 0. The standard InChI is InChI=1S/2C5H12Si.C5H5.Co/c2*1-5-6(2,3)4;1-2-4-5-3-1;/h2*5H,1H2,2-4H3;1-5H;. The first-order chi connectivity index (χ1) is 7.62. The maximum absolute atomic E-state index is 3.69. The fourth-order valence-corrected chi connectivity index (χ4v) is 0.321. The van der Waals surface area contributed by atoms with Crippen molar-refractivity contribution in [1.82, 2.24) is 0 Å². The first kappa shape index (κ1) is 23.0. The molecule has 0 aromatic rings. The largest absolute Gasteiger partial charge is 0.107 e. The zero-order valence-corrected chi connectivity index (χ0v) is 15.8. The molecule has 106 valence electrons. The molecule has 0 amide bonds. The molecule has 0 saturated heterocycles. The molecule has 18 heavy (non-hydrogen) atoms. The van der Waals surface area contributed by atoms with Gasteiger partial charge >= 0.3 is 0 Å². The van der Waals surface area contributed by atoms with Gasteiger partial charge in [0.1, 0.15) is 0 Å². The summed E-state index contributed by atoms with van der Waals surface area (Å²) in [5.74, 6) is 0. The van der Waals surface area contributed by atoms with Crippen LogP contribution in [0.5, 0.6) is 0 Å². The van der Waals surface area contributed by atoms with Gasteiger partial charge in [0.25, 0.3) is 0 Å². The van der Waals surface area contributed by atoms with Crippen LogP contribution in [0.4, 0.5) is 0 Å². The van der Waals surface area contributed by atoms with Gasteiger partial charge in [-0.25, -0.2) is 0 Å². The molecular weight excluding hydrogens is 295 g/mol. The molecule has 0 fully saturated rings. The van der Waals surface area contributed by atoms with Crippen LogP contribution < -0.4 is 0 Å². The fourth-order valence-electron chi connectivity index (χ4n) is 0.321. The van der Waals surface area contributed by atoms with Crippen molar-refractivity contribution in [2.24, 2.45) is 0 Å². The Kier molecular flexibility index (Phi) is 15.3. The third-order valence-corrected chi connectivity index (χ3v) is 4.23. The van der Waals surface area contributed by atoms with Crippen molar-refractivity contribution in [3.05, 3.63) is 55.3 Å². The zero-order chi connectivity index (χ0) is 13.9. The average Bonchev–Trinajstić information content (AvgIpc) is 2.74. The van der Waals surface area contributed by atoms with Crippen molar-refractivity contribution in [3.8, 4) is 0 Å². The Hall–Kier alpha value is -0.0997. The Balaban J connectivity index is -0.000000183. The smallest absolute Gasteiger partial charge is 0.0679 e. The topological polar surface area (TPSA) is 0 Å². The third-order valence-electron chi connectivity index (χ3n) is 1.78. The molecule has 0 heterocycles. The van der Waals surface area contributed by atoms with Gasteiger partial charge in [-0.05, 0) is 0 Å². The van der Waals surface area contributed by atoms with Gasteiger partial charge in [-0.2, -0.15) is 0 Å². The molecule has 0 spiro atoms. The summed E-state index contributed by atoms with van der Waals surface area (Å²) in [6, 6.07) is 0. The van der Waals surface area contributed by atoms with E-state index in [-0.39, 0.29) is 16.8 Å². The van der Waals surface area contributed by atoms with Gasteiger partial charge in [-0.3, -0.25) is 0 Å². The molecule has 0 aliphatic heterocycles. The van der Waals surface area contributed by atoms with Crippen LogP contribution in [-0.2, 0) is 16.8 Å². The summed E-state index contributed by atoms with van der Waals surface area (Å²) >= 11 is 0. The van der Waals surface area contributed by atoms with E-state index in [4.69, 9.17) is 0 Å². The molecule has 0 N–H and O–H groups in total. The van der Waals surface area contributed by atoms with E-state index in [0.717, 1.165) is 0 Å². The molecule has 0 nitrogen and oxygen atoms in total. The number of hydrogen-bond acceptors (Lipinski definition) is 0. The summed E-state index contributed by atoms with van der Waals surface area (Å²) in [5, 5.41) is 0. The maximum atomic E-state index is 3.69. The van der Waals surface area contributed by atoms with Crippen LogP contribution in [0.25, 0.3) is 0 Å². The van der Waals surface area contributed by atoms with Crippen LogP contribution in [0, 0.1) is 6.42 Å². The third kappa shape index (κ3) is 29.7. The molecule has 1 rings (SSSR count). The monoisotopic (exact) mass is 324 g/mol. The van der Waals surface area contributed by atoms with Gasteiger partial charge in [-0.1, -0.05) is 63.6 Å². The molecule has 1 aliphatic rings. The van der Waals surface area contributed by atoms with Crippen molar-refractivity contribution in [1.29, 1.82) is 0 Å². The van der Waals surface area contributed by atoms with Crippen molar-refractivity contribution in [2.75, 3.05) is 0 Å². The second kappa shape index (κ2) is 12.0. The van der Waals surface area contributed by atoms with Gasteiger partial charge in [-0.15, -0.1) is 24.6 Å². The molecule has 2 radical (unpaired) electrons. The van der Waals surface area contributed by atoms with Crippen molar-refractivity contribution < 1.29 is 16.8 Å². The van der Waals surface area contributed by atoms with Gasteiger partial charge in [0, 0.05) is 23.2 Å². The Morgan fingerprint density at radius 2 is 0.889 bits per heavy atom. The van der Waals surface area contributed by atoms with E-state index in [1.165, 1.54) is 0 Å². The second-order valence-corrected chi connectivity index (χ2v) is 16.4. The molecule has 3 heteroatoms. The zero-order valence-electron chi connectivity index (χ0n) is 12.8. The van der Waals surface area contributed by atoms with Gasteiger partial charge in [0.05, 0.1) is 16.1 Å². The second-order valence-electron chi connectivity index (χ2n) is 6.10. The van der Waals surface area contributed by atoms with Gasteiger partial charge < -0.3 is 0 Å². The van der Waals surface area contributed by atoms with Crippen LogP contribution in [0.3, 0.4) is 0 Å². The van der Waals surface area contributed by atoms with E-state index in [2.05, 4.69) is 63.8 Å². The van der Waals surface area contributed by atoms with Crippen LogP contribution in [0.15, 0.2) is 48.9 Å². The van der Waals surface area contributed by atoms with Gasteiger partial charge in [0.15, 0.2) is 0 Å². The molecule has 0 atom stereocenters. The van der Waals surface area contributed by atoms with E-state index in [0.29, 0.717) is 0 Å². The minimum Gasteiger partial charge on any atom is -0.107 e. The minimum absolute atomic E-state index is 0. The Morgan fingerprint density at radius 1 is 0.667 bits per heavy atom. The number of rotatable bonds is 2. The molecule has 0 bridgehead atoms. The summed E-state index contributed by atoms with van der Waals surface area (Å²) in [6.07, 6.45) is 10.0. The van der Waals surface area contributed by atoms with Crippen molar-refractivity contribution in [2.45, 2.75) is 39.3 Å². The summed E-state index contributed by atoms with van der Waals surface area (Å²) in [7, 11) is -1.73. The predicted octanol–water partition coefficient (Wildman–Crippen LogP) is 5.41. The Bertz CT molecular complexity index is 237. The normalized spacial score (nSPS) is 12.3. The molecule has 0 aromatic heterocycles. The van der Waals surface area contributed by atoms with E-state index in [1.54, 1.807) is 0 Å². The summed E-state index contributed by atoms with van der Waals surface area (Å²) in [4.78, 5) is 0. The van der Waals surface area contributed by atoms with Gasteiger partial charge in [0.2, 0.25) is 0 Å². The maximum Gasteiger partial charge on any atom is 0.0679 e. The quantitative estimate of drug-likeness (QED) is 0.595. The molecule has 0 saturated carbocycles. The summed E-state index contributed by atoms with van der Waals surface area (Å²) in [6.45, 7) is 21.0. The van der Waals surface area contributed by atoms with E-state index in [9.17, 15) is 0 Å². The average molecular weight is 325 g/mol. The van der Waals surface area contributed by atoms with E-state index in [1.807, 2.05) is 30.7 Å². The number of allylic oxidation sites excluding steroid dienone is 4. The SMILES string of the molecule is C=C[Si](C)(C)C.C=C[Si](C)(C)C.[CH]1C=CC=C1.[Co]. The molecule has 1 aliphatic carbocycles. The van der Waals surface area contributed by atoms with Crippen LogP contribution in [0.2, 0.25) is 39.3 Å². The molecule has 0 unspecified atom stereocenters. The Morgan fingerprint density at radius 3 is 0.944 bits per heavy atom. The van der Waals surface area contributed by atoms with Crippen LogP contribution in [0.1, 0.15) is 0 Å². The number of hydrogen-bond donors (Lipinski definition) is 0. The first-order valence-electron chi connectivity index (χ1n) is 6.06. The first-order valence-corrected chi connectivity index (χ1v) is 13.2. The van der Waals surface area contributed by atoms with Crippen LogP contribution in [-0.4, -0.2) is 16.1 Å².